The summed E-state index contributed by atoms with van der Waals surface area (Å²) in [5, 5.41) is 3.28. The van der Waals surface area contributed by atoms with Gasteiger partial charge in [-0.3, -0.25) is 4.79 Å². The lowest BCUT2D eigenvalue weighted by molar-refractivity contribution is 0.0524. The fraction of sp³-hybridized carbons (Fsp3) is 0.263. The van der Waals surface area contributed by atoms with E-state index in [9.17, 15) is 9.59 Å². The van der Waals surface area contributed by atoms with Crippen LogP contribution >= 0.6 is 0 Å². The van der Waals surface area contributed by atoms with Crippen LogP contribution in [0, 0.1) is 0 Å². The molecule has 0 unspecified atom stereocenters. The van der Waals surface area contributed by atoms with Crippen molar-refractivity contribution in [2.45, 2.75) is 6.92 Å². The molecule has 0 aliphatic rings. The van der Waals surface area contributed by atoms with Crippen molar-refractivity contribution in [3.63, 3.8) is 0 Å². The maximum atomic E-state index is 12.8. The maximum absolute atomic E-state index is 12.8. The zero-order chi connectivity index (χ0) is 19.2. The lowest BCUT2D eigenvalue weighted by Crippen LogP contribution is -2.22. The maximum Gasteiger partial charge on any atom is 0.343 e. The van der Waals surface area contributed by atoms with Gasteiger partial charge in [-0.25, -0.2) is 9.78 Å². The molecule has 2 aromatic heterocycles. The second kappa shape index (κ2) is 8.41. The van der Waals surface area contributed by atoms with Gasteiger partial charge >= 0.3 is 5.97 Å². The molecule has 27 heavy (non-hydrogen) atoms. The van der Waals surface area contributed by atoms with E-state index in [0.717, 1.165) is 5.69 Å². The summed E-state index contributed by atoms with van der Waals surface area (Å²) in [6.45, 7) is 2.89. The predicted octanol–water partition coefficient (Wildman–Crippen LogP) is 2.02. The summed E-state index contributed by atoms with van der Waals surface area (Å²) in [6.07, 6.45) is 2.88. The molecule has 0 radical (unpaired) electrons. The Bertz CT molecular complexity index is 1000. The molecule has 8 nitrogen and oxygen atoms in total. The molecule has 0 saturated carbocycles. The predicted molar refractivity (Wildman–Crippen MR) is 101 cm³/mol. The molecule has 0 aliphatic heterocycles. The Balaban J connectivity index is 2.20. The summed E-state index contributed by atoms with van der Waals surface area (Å²) in [4.78, 5) is 33.6. The van der Waals surface area contributed by atoms with E-state index in [1.165, 1.54) is 12.4 Å². The molecule has 0 saturated heterocycles. The number of esters is 1. The molecular weight excluding hydrogens is 348 g/mol. The molecule has 2 heterocycles. The number of para-hydroxylation sites is 1. The number of methoxy groups -OCH3 is 1. The molecule has 3 aromatic rings. The summed E-state index contributed by atoms with van der Waals surface area (Å²) in [5.41, 5.74) is 0.639. The van der Waals surface area contributed by atoms with E-state index in [1.54, 1.807) is 18.6 Å². The molecule has 0 spiro atoms. The second-order valence-electron chi connectivity index (χ2n) is 5.65. The number of pyridine rings is 1. The molecule has 0 amide bonds. The third kappa shape index (κ3) is 3.95. The molecule has 0 aliphatic carbocycles. The summed E-state index contributed by atoms with van der Waals surface area (Å²) in [5.74, 6) is -0.302. The van der Waals surface area contributed by atoms with Crippen LogP contribution in [0.2, 0.25) is 0 Å². The number of rotatable bonds is 7. The highest BCUT2D eigenvalue weighted by Gasteiger charge is 2.18. The van der Waals surface area contributed by atoms with Crippen LogP contribution in [0.4, 0.5) is 5.95 Å². The van der Waals surface area contributed by atoms with Crippen molar-refractivity contribution < 1.29 is 14.3 Å². The Morgan fingerprint density at radius 1 is 1.26 bits per heavy atom. The Morgan fingerprint density at radius 3 is 2.74 bits per heavy atom. The fourth-order valence-electron chi connectivity index (χ4n) is 2.60. The number of aromatic nitrogens is 3. The number of hydrogen-bond donors (Lipinski definition) is 1. The van der Waals surface area contributed by atoms with Crippen molar-refractivity contribution in [2.75, 3.05) is 32.2 Å². The van der Waals surface area contributed by atoms with E-state index < -0.39 is 11.4 Å². The van der Waals surface area contributed by atoms with Gasteiger partial charge in [0.05, 0.1) is 18.6 Å². The van der Waals surface area contributed by atoms with Gasteiger partial charge in [0.25, 0.3) is 0 Å². The molecule has 0 fully saturated rings. The molecule has 3 rings (SSSR count). The first-order valence-electron chi connectivity index (χ1n) is 8.53. The quantitative estimate of drug-likeness (QED) is 0.503. The van der Waals surface area contributed by atoms with Crippen LogP contribution in [0.25, 0.3) is 16.7 Å². The zero-order valence-corrected chi connectivity index (χ0v) is 15.1. The number of benzene rings is 1. The number of nitrogens with one attached hydrogen (secondary N) is 1. The van der Waals surface area contributed by atoms with Gasteiger partial charge in [-0.15, -0.1) is 0 Å². The second-order valence-corrected chi connectivity index (χ2v) is 5.65. The van der Waals surface area contributed by atoms with Gasteiger partial charge in [-0.05, 0) is 19.1 Å². The molecule has 1 N–H and O–H groups in total. The number of carbonyl (C=O) groups is 1. The van der Waals surface area contributed by atoms with Gasteiger partial charge in [0.2, 0.25) is 11.4 Å². The molecular formula is C19H20N4O4. The minimum absolute atomic E-state index is 0.0584. The van der Waals surface area contributed by atoms with Crippen molar-refractivity contribution >= 4 is 23.0 Å². The van der Waals surface area contributed by atoms with Crippen molar-refractivity contribution in [3.05, 3.63) is 58.5 Å². The highest BCUT2D eigenvalue weighted by atomic mass is 16.5. The standard InChI is InChI=1S/C19H20N4O4/c1-3-27-18(25)15-12-23(13-7-5-4-6-8-13)17-14(16(15)24)11-21-19(22-17)20-9-10-26-2/h4-8,11-12H,3,9-10H2,1-2H3,(H,20,21,22). The van der Waals surface area contributed by atoms with E-state index in [0.29, 0.717) is 24.7 Å². The normalized spacial score (nSPS) is 10.7. The van der Waals surface area contributed by atoms with Crippen molar-refractivity contribution in [1.29, 1.82) is 0 Å². The van der Waals surface area contributed by atoms with Crippen molar-refractivity contribution in [2.24, 2.45) is 0 Å². The number of carbonyl (C=O) groups excluding carboxylic acids is 1. The molecule has 140 valence electrons. The third-order valence-corrected chi connectivity index (χ3v) is 3.86. The highest BCUT2D eigenvalue weighted by Crippen LogP contribution is 2.17. The largest absolute Gasteiger partial charge is 0.462 e. The number of fused-ring (bicyclic) bond motifs is 1. The Kier molecular flexibility index (Phi) is 5.77. The van der Waals surface area contributed by atoms with Gasteiger partial charge in [0, 0.05) is 31.7 Å². The number of hydrogen-bond acceptors (Lipinski definition) is 7. The van der Waals surface area contributed by atoms with Crippen molar-refractivity contribution in [1.82, 2.24) is 14.5 Å². The van der Waals surface area contributed by atoms with E-state index in [-0.39, 0.29) is 17.6 Å². The van der Waals surface area contributed by atoms with Gasteiger partial charge in [0.1, 0.15) is 5.56 Å². The van der Waals surface area contributed by atoms with Gasteiger partial charge in [-0.2, -0.15) is 4.98 Å². The van der Waals surface area contributed by atoms with Crippen molar-refractivity contribution in [3.8, 4) is 5.69 Å². The van der Waals surface area contributed by atoms with E-state index >= 15 is 0 Å². The van der Waals surface area contributed by atoms with E-state index in [2.05, 4.69) is 15.3 Å². The number of ether oxygens (including phenoxy) is 2. The first-order valence-corrected chi connectivity index (χ1v) is 8.53. The Hall–Kier alpha value is -3.26. The first-order chi connectivity index (χ1) is 13.2. The van der Waals surface area contributed by atoms with Crippen LogP contribution in [0.3, 0.4) is 0 Å². The number of nitrogens with zero attached hydrogens (tertiary/aromatic N) is 3. The van der Waals surface area contributed by atoms with Gasteiger partial charge in [-0.1, -0.05) is 18.2 Å². The smallest absolute Gasteiger partial charge is 0.343 e. The van der Waals surface area contributed by atoms with Gasteiger partial charge in [0.15, 0.2) is 5.65 Å². The average molecular weight is 368 g/mol. The van der Waals surface area contributed by atoms with E-state index in [1.807, 2.05) is 30.3 Å². The molecule has 1 aromatic carbocycles. The SMILES string of the molecule is CCOC(=O)c1cn(-c2ccccc2)c2nc(NCCOC)ncc2c1=O. The van der Waals surface area contributed by atoms with E-state index in [4.69, 9.17) is 9.47 Å². The van der Waals surface area contributed by atoms with Crippen LogP contribution in [-0.2, 0) is 9.47 Å². The monoisotopic (exact) mass is 368 g/mol. The minimum atomic E-state index is -0.670. The molecule has 0 bridgehead atoms. The summed E-state index contributed by atoms with van der Waals surface area (Å²) in [6, 6.07) is 9.33. The minimum Gasteiger partial charge on any atom is -0.462 e. The molecule has 8 heteroatoms. The van der Waals surface area contributed by atoms with Crippen LogP contribution in [-0.4, -0.2) is 47.4 Å². The van der Waals surface area contributed by atoms with Crippen LogP contribution in [0.15, 0.2) is 47.5 Å². The van der Waals surface area contributed by atoms with Crippen LogP contribution in [0.5, 0.6) is 0 Å². The lowest BCUT2D eigenvalue weighted by Gasteiger charge is -2.13. The summed E-state index contributed by atoms with van der Waals surface area (Å²) >= 11 is 0. The Morgan fingerprint density at radius 2 is 2.04 bits per heavy atom. The lowest BCUT2D eigenvalue weighted by atomic mass is 10.2. The fourth-order valence-corrected chi connectivity index (χ4v) is 2.60. The van der Waals surface area contributed by atoms with Crippen LogP contribution in [0.1, 0.15) is 17.3 Å². The third-order valence-electron chi connectivity index (χ3n) is 3.86. The summed E-state index contributed by atoms with van der Waals surface area (Å²) in [7, 11) is 1.60. The average Bonchev–Trinajstić information content (AvgIpc) is 2.69. The summed E-state index contributed by atoms with van der Waals surface area (Å²) < 4.78 is 11.7. The van der Waals surface area contributed by atoms with Gasteiger partial charge < -0.3 is 19.4 Å². The zero-order valence-electron chi connectivity index (χ0n) is 15.1. The molecule has 0 atom stereocenters. The topological polar surface area (TPSA) is 95.3 Å². The van der Waals surface area contributed by atoms with Crippen LogP contribution < -0.4 is 10.7 Å². The Labute approximate surface area is 155 Å². The first kappa shape index (κ1) is 18.5. The highest BCUT2D eigenvalue weighted by molar-refractivity contribution is 5.93. The number of anilines is 1.